The Bertz CT molecular complexity index is 604. The van der Waals surface area contributed by atoms with Crippen LogP contribution in [0.2, 0.25) is 5.28 Å². The second kappa shape index (κ2) is 6.43. The first-order valence-electron chi connectivity index (χ1n) is 6.29. The molecule has 0 aliphatic heterocycles. The minimum absolute atomic E-state index is 0.179. The maximum Gasteiger partial charge on any atom is 0.224 e. The number of rotatable bonds is 5. The summed E-state index contributed by atoms with van der Waals surface area (Å²) in [6.45, 7) is 4.89. The highest BCUT2D eigenvalue weighted by Gasteiger charge is 2.06. The van der Waals surface area contributed by atoms with Gasteiger partial charge in [-0.2, -0.15) is 4.98 Å². The lowest BCUT2D eigenvalue weighted by Crippen LogP contribution is -2.14. The standard InChI is InChI=1S/C14H17ClN4O/c1-9-4-3-5-11(8-9)20-7-6-17-13-12(16)10(2)18-14(15)19-13/h3-5,8H,6-7,16H2,1-2H3,(H,17,18,19). The van der Waals surface area contributed by atoms with E-state index < -0.39 is 0 Å². The molecular weight excluding hydrogens is 276 g/mol. The molecular formula is C14H17ClN4O. The van der Waals surface area contributed by atoms with Crippen molar-refractivity contribution in [2.24, 2.45) is 0 Å². The molecule has 0 atom stereocenters. The van der Waals surface area contributed by atoms with E-state index in [1.54, 1.807) is 6.92 Å². The lowest BCUT2D eigenvalue weighted by molar-refractivity contribution is 0.332. The molecule has 0 radical (unpaired) electrons. The highest BCUT2D eigenvalue weighted by Crippen LogP contribution is 2.20. The molecule has 1 heterocycles. The lowest BCUT2D eigenvalue weighted by atomic mass is 10.2. The third-order valence-electron chi connectivity index (χ3n) is 2.76. The van der Waals surface area contributed by atoms with Gasteiger partial charge >= 0.3 is 0 Å². The molecule has 20 heavy (non-hydrogen) atoms. The molecule has 5 nitrogen and oxygen atoms in total. The zero-order valence-corrected chi connectivity index (χ0v) is 12.2. The third-order valence-corrected chi connectivity index (χ3v) is 2.93. The van der Waals surface area contributed by atoms with Gasteiger partial charge in [0.05, 0.1) is 17.9 Å². The number of nitrogens with zero attached hydrogens (tertiary/aromatic N) is 2. The van der Waals surface area contributed by atoms with Gasteiger partial charge in [0.2, 0.25) is 5.28 Å². The zero-order valence-electron chi connectivity index (χ0n) is 11.5. The summed E-state index contributed by atoms with van der Waals surface area (Å²) in [5.74, 6) is 1.38. The van der Waals surface area contributed by atoms with E-state index in [1.807, 2.05) is 31.2 Å². The first-order valence-corrected chi connectivity index (χ1v) is 6.67. The lowest BCUT2D eigenvalue weighted by Gasteiger charge is -2.11. The largest absolute Gasteiger partial charge is 0.492 e. The predicted molar refractivity (Wildman–Crippen MR) is 81.4 cm³/mol. The van der Waals surface area contributed by atoms with Crippen LogP contribution >= 0.6 is 11.6 Å². The number of halogens is 1. The summed E-state index contributed by atoms with van der Waals surface area (Å²) in [5, 5.41) is 3.27. The topological polar surface area (TPSA) is 73.1 Å². The summed E-state index contributed by atoms with van der Waals surface area (Å²) < 4.78 is 5.63. The summed E-state index contributed by atoms with van der Waals surface area (Å²) in [6.07, 6.45) is 0. The molecule has 0 spiro atoms. The number of aryl methyl sites for hydroxylation is 2. The van der Waals surface area contributed by atoms with Gasteiger partial charge in [-0.05, 0) is 43.1 Å². The van der Waals surface area contributed by atoms with Crippen molar-refractivity contribution in [2.75, 3.05) is 24.2 Å². The highest BCUT2D eigenvalue weighted by atomic mass is 35.5. The average molecular weight is 293 g/mol. The van der Waals surface area contributed by atoms with Crippen LogP contribution in [0.15, 0.2) is 24.3 Å². The zero-order chi connectivity index (χ0) is 14.5. The summed E-state index contributed by atoms with van der Waals surface area (Å²) in [5.41, 5.74) is 8.21. The van der Waals surface area contributed by atoms with E-state index in [1.165, 1.54) is 0 Å². The molecule has 0 bridgehead atoms. The number of nitrogens with one attached hydrogen (secondary N) is 1. The third kappa shape index (κ3) is 3.74. The van der Waals surface area contributed by atoms with Gasteiger partial charge in [-0.15, -0.1) is 0 Å². The summed E-state index contributed by atoms with van der Waals surface area (Å²) in [4.78, 5) is 8.03. The van der Waals surface area contributed by atoms with Crippen molar-refractivity contribution >= 4 is 23.1 Å². The smallest absolute Gasteiger partial charge is 0.224 e. The van der Waals surface area contributed by atoms with E-state index in [0.29, 0.717) is 30.4 Å². The number of aromatic nitrogens is 2. The van der Waals surface area contributed by atoms with E-state index in [4.69, 9.17) is 22.1 Å². The van der Waals surface area contributed by atoms with Crippen molar-refractivity contribution in [3.05, 3.63) is 40.8 Å². The fraction of sp³-hybridized carbons (Fsp3) is 0.286. The van der Waals surface area contributed by atoms with E-state index in [0.717, 1.165) is 11.3 Å². The predicted octanol–water partition coefficient (Wildman–Crippen LogP) is 2.82. The Morgan fingerprint density at radius 3 is 2.85 bits per heavy atom. The number of nitrogens with two attached hydrogens (primary N) is 1. The van der Waals surface area contributed by atoms with Gasteiger partial charge in [0.1, 0.15) is 12.4 Å². The molecule has 0 aliphatic rings. The SMILES string of the molecule is Cc1cccc(OCCNc2nc(Cl)nc(C)c2N)c1. The number of benzene rings is 1. The van der Waals surface area contributed by atoms with Gasteiger partial charge in [0.15, 0.2) is 5.82 Å². The Balaban J connectivity index is 1.87. The normalized spacial score (nSPS) is 10.3. The number of ether oxygens (including phenoxy) is 1. The van der Waals surface area contributed by atoms with Crippen LogP contribution in [0.1, 0.15) is 11.3 Å². The van der Waals surface area contributed by atoms with E-state index in [9.17, 15) is 0 Å². The molecule has 0 fully saturated rings. The maximum atomic E-state index is 5.88. The summed E-state index contributed by atoms with van der Waals surface area (Å²) in [6, 6.07) is 7.90. The second-order valence-corrected chi connectivity index (χ2v) is 4.77. The minimum atomic E-state index is 0.179. The number of hydrogen-bond acceptors (Lipinski definition) is 5. The molecule has 106 valence electrons. The number of nitrogen functional groups attached to an aromatic ring is 1. The van der Waals surface area contributed by atoms with Crippen molar-refractivity contribution in [3.63, 3.8) is 0 Å². The van der Waals surface area contributed by atoms with E-state index >= 15 is 0 Å². The van der Waals surface area contributed by atoms with Crippen LogP contribution in [-0.4, -0.2) is 23.1 Å². The molecule has 3 N–H and O–H groups in total. The quantitative estimate of drug-likeness (QED) is 0.655. The molecule has 1 aromatic heterocycles. The molecule has 1 aromatic carbocycles. The van der Waals surface area contributed by atoms with Crippen molar-refractivity contribution < 1.29 is 4.74 Å². The van der Waals surface area contributed by atoms with Crippen LogP contribution in [-0.2, 0) is 0 Å². The van der Waals surface area contributed by atoms with Gasteiger partial charge < -0.3 is 15.8 Å². The second-order valence-electron chi connectivity index (χ2n) is 4.43. The van der Waals surface area contributed by atoms with Gasteiger partial charge in [-0.1, -0.05) is 12.1 Å². The van der Waals surface area contributed by atoms with Crippen LogP contribution in [0.25, 0.3) is 0 Å². The van der Waals surface area contributed by atoms with Crippen molar-refractivity contribution in [1.29, 1.82) is 0 Å². The van der Waals surface area contributed by atoms with Crippen LogP contribution < -0.4 is 15.8 Å². The number of hydrogen-bond donors (Lipinski definition) is 2. The fourth-order valence-electron chi connectivity index (χ4n) is 1.73. The molecule has 0 saturated carbocycles. The Hall–Kier alpha value is -2.01. The average Bonchev–Trinajstić information content (AvgIpc) is 2.40. The summed E-state index contributed by atoms with van der Waals surface area (Å²) >= 11 is 5.80. The maximum absolute atomic E-state index is 5.88. The molecule has 6 heteroatoms. The Morgan fingerprint density at radius 1 is 1.30 bits per heavy atom. The fourth-order valence-corrected chi connectivity index (χ4v) is 1.94. The molecule has 0 unspecified atom stereocenters. The van der Waals surface area contributed by atoms with E-state index in [2.05, 4.69) is 15.3 Å². The van der Waals surface area contributed by atoms with Crippen molar-refractivity contribution in [1.82, 2.24) is 9.97 Å². The van der Waals surface area contributed by atoms with Crippen LogP contribution in [0.3, 0.4) is 0 Å². The van der Waals surface area contributed by atoms with Crippen LogP contribution in [0, 0.1) is 13.8 Å². The molecule has 2 aromatic rings. The van der Waals surface area contributed by atoms with Gasteiger partial charge in [0.25, 0.3) is 0 Å². The number of anilines is 2. The first-order chi connectivity index (χ1) is 9.56. The van der Waals surface area contributed by atoms with E-state index in [-0.39, 0.29) is 5.28 Å². The Kier molecular flexibility index (Phi) is 4.63. The van der Waals surface area contributed by atoms with Crippen LogP contribution in [0.5, 0.6) is 5.75 Å². The van der Waals surface area contributed by atoms with Crippen molar-refractivity contribution in [2.45, 2.75) is 13.8 Å². The molecule has 2 rings (SSSR count). The monoisotopic (exact) mass is 292 g/mol. The van der Waals surface area contributed by atoms with Crippen LogP contribution in [0.4, 0.5) is 11.5 Å². The van der Waals surface area contributed by atoms with Crippen molar-refractivity contribution in [3.8, 4) is 5.75 Å². The van der Waals surface area contributed by atoms with Gasteiger partial charge in [-0.3, -0.25) is 0 Å². The molecule has 0 saturated heterocycles. The Morgan fingerprint density at radius 2 is 2.10 bits per heavy atom. The van der Waals surface area contributed by atoms with Gasteiger partial charge in [-0.25, -0.2) is 4.98 Å². The molecule has 0 aliphatic carbocycles. The first kappa shape index (κ1) is 14.4. The highest BCUT2D eigenvalue weighted by molar-refractivity contribution is 6.28. The summed E-state index contributed by atoms with van der Waals surface area (Å²) in [7, 11) is 0. The minimum Gasteiger partial charge on any atom is -0.492 e. The van der Waals surface area contributed by atoms with Gasteiger partial charge in [0, 0.05) is 0 Å². The Labute approximate surface area is 123 Å². The molecule has 0 amide bonds.